The number of benzene rings is 2. The van der Waals surface area contributed by atoms with Gasteiger partial charge in [0.05, 0.1) is 17.1 Å². The Labute approximate surface area is 143 Å². The van der Waals surface area contributed by atoms with E-state index in [0.29, 0.717) is 15.6 Å². The Morgan fingerprint density at radius 1 is 1.17 bits per heavy atom. The third kappa shape index (κ3) is 2.94. The average molecular weight is 348 g/mol. The van der Waals surface area contributed by atoms with Crippen LogP contribution >= 0.6 is 23.2 Å². The summed E-state index contributed by atoms with van der Waals surface area (Å²) in [6, 6.07) is 9.50. The summed E-state index contributed by atoms with van der Waals surface area (Å²) in [4.78, 5) is 14.6. The molecule has 2 aromatic carbocycles. The van der Waals surface area contributed by atoms with Gasteiger partial charge in [-0.15, -0.1) is 0 Å². The van der Waals surface area contributed by atoms with Crippen molar-refractivity contribution in [3.8, 4) is 11.3 Å². The van der Waals surface area contributed by atoms with Crippen molar-refractivity contribution in [3.63, 3.8) is 0 Å². The quantitative estimate of drug-likeness (QED) is 0.667. The van der Waals surface area contributed by atoms with E-state index in [2.05, 4.69) is 4.98 Å². The van der Waals surface area contributed by atoms with Gasteiger partial charge in [-0.25, -0.2) is 0 Å². The molecule has 3 rings (SSSR count). The van der Waals surface area contributed by atoms with Crippen LogP contribution in [-0.4, -0.2) is 16.1 Å². The van der Waals surface area contributed by atoms with E-state index in [9.17, 15) is 9.90 Å². The molecular formula is C18H15Cl2NO2. The summed E-state index contributed by atoms with van der Waals surface area (Å²) in [5.41, 5.74) is 5.36. The third-order valence-electron chi connectivity index (χ3n) is 3.91. The fraction of sp³-hybridized carbons (Fsp3) is 0.167. The number of rotatable bonds is 3. The van der Waals surface area contributed by atoms with Crippen LogP contribution in [0.3, 0.4) is 0 Å². The Bertz CT molecular complexity index is 928. The van der Waals surface area contributed by atoms with Gasteiger partial charge in [0.1, 0.15) is 0 Å². The van der Waals surface area contributed by atoms with Gasteiger partial charge in [0.25, 0.3) is 0 Å². The van der Waals surface area contributed by atoms with Crippen molar-refractivity contribution in [2.45, 2.75) is 20.3 Å². The molecule has 0 fully saturated rings. The SMILES string of the molecule is Cc1ccc(C)c(-c2[nH]c3cc(Cl)cc(Cl)c3c2CC(=O)O)c1. The number of aromatic amines is 1. The number of aromatic nitrogens is 1. The second kappa shape index (κ2) is 5.91. The third-order valence-corrected chi connectivity index (χ3v) is 4.42. The zero-order chi connectivity index (χ0) is 16.7. The zero-order valence-corrected chi connectivity index (χ0v) is 14.2. The number of fused-ring (bicyclic) bond motifs is 1. The summed E-state index contributed by atoms with van der Waals surface area (Å²) in [6.45, 7) is 4.01. The zero-order valence-electron chi connectivity index (χ0n) is 12.7. The number of aliphatic carboxylic acids is 1. The van der Waals surface area contributed by atoms with Crippen molar-refractivity contribution in [2.24, 2.45) is 0 Å². The molecule has 1 heterocycles. The molecule has 0 saturated heterocycles. The summed E-state index contributed by atoms with van der Waals surface area (Å²) in [6.07, 6.45) is -0.107. The minimum absolute atomic E-state index is 0.107. The molecule has 0 saturated carbocycles. The summed E-state index contributed by atoms with van der Waals surface area (Å²) < 4.78 is 0. The lowest BCUT2D eigenvalue weighted by Gasteiger charge is -2.08. The molecule has 0 bridgehead atoms. The van der Waals surface area contributed by atoms with Crippen LogP contribution in [0.4, 0.5) is 0 Å². The standard InChI is InChI=1S/C18H15Cl2NO2/c1-9-3-4-10(2)12(5-9)18-13(8-16(22)23)17-14(20)6-11(19)7-15(17)21-18/h3-7,21H,8H2,1-2H3,(H,22,23). The maximum atomic E-state index is 11.3. The normalized spacial score (nSPS) is 11.1. The van der Waals surface area contributed by atoms with Crippen molar-refractivity contribution in [3.05, 3.63) is 57.1 Å². The van der Waals surface area contributed by atoms with E-state index in [1.807, 2.05) is 32.0 Å². The number of carbonyl (C=O) groups is 1. The highest BCUT2D eigenvalue weighted by atomic mass is 35.5. The number of nitrogens with one attached hydrogen (secondary N) is 1. The van der Waals surface area contributed by atoms with Crippen molar-refractivity contribution < 1.29 is 9.90 Å². The van der Waals surface area contributed by atoms with Crippen molar-refractivity contribution in [2.75, 3.05) is 0 Å². The molecular weight excluding hydrogens is 333 g/mol. The summed E-state index contributed by atoms with van der Waals surface area (Å²) in [5.74, 6) is -0.900. The summed E-state index contributed by atoms with van der Waals surface area (Å²) in [7, 11) is 0. The predicted octanol–water partition coefficient (Wildman–Crippen LogP) is 5.39. The number of hydrogen-bond acceptors (Lipinski definition) is 1. The molecule has 23 heavy (non-hydrogen) atoms. The van der Waals surface area contributed by atoms with Gasteiger partial charge in [0.2, 0.25) is 0 Å². The van der Waals surface area contributed by atoms with Crippen molar-refractivity contribution >= 4 is 40.1 Å². The van der Waals surface area contributed by atoms with Crippen LogP contribution in [0.25, 0.3) is 22.2 Å². The van der Waals surface area contributed by atoms with Crippen LogP contribution in [0.5, 0.6) is 0 Å². The fourth-order valence-corrected chi connectivity index (χ4v) is 3.48. The van der Waals surface area contributed by atoms with Gasteiger partial charge in [0, 0.05) is 21.5 Å². The first-order valence-corrected chi connectivity index (χ1v) is 7.91. The van der Waals surface area contributed by atoms with E-state index < -0.39 is 5.97 Å². The van der Waals surface area contributed by atoms with Crippen LogP contribution in [0.2, 0.25) is 10.0 Å². The molecule has 0 atom stereocenters. The number of halogens is 2. The molecule has 2 N–H and O–H groups in total. The number of hydrogen-bond donors (Lipinski definition) is 2. The maximum absolute atomic E-state index is 11.3. The topological polar surface area (TPSA) is 53.1 Å². The maximum Gasteiger partial charge on any atom is 0.307 e. The van der Waals surface area contributed by atoms with Crippen molar-refractivity contribution in [1.29, 1.82) is 0 Å². The van der Waals surface area contributed by atoms with Gasteiger partial charge >= 0.3 is 5.97 Å². The van der Waals surface area contributed by atoms with Gasteiger partial charge in [-0.2, -0.15) is 0 Å². The molecule has 5 heteroatoms. The van der Waals surface area contributed by atoms with Gasteiger partial charge in [-0.3, -0.25) is 4.79 Å². The molecule has 0 radical (unpaired) electrons. The summed E-state index contributed by atoms with van der Waals surface area (Å²) in [5, 5.41) is 11.0. The molecule has 0 aliphatic heterocycles. The fourth-order valence-electron chi connectivity index (χ4n) is 2.88. The van der Waals surface area contributed by atoms with Gasteiger partial charge in [-0.05, 0) is 43.2 Å². The highest BCUT2D eigenvalue weighted by Crippen LogP contribution is 2.38. The lowest BCUT2D eigenvalue weighted by molar-refractivity contribution is -0.136. The van der Waals surface area contributed by atoms with Crippen LogP contribution in [0.1, 0.15) is 16.7 Å². The molecule has 0 aliphatic carbocycles. The second-order valence-corrected chi connectivity index (χ2v) is 6.52. The molecule has 0 aliphatic rings. The van der Waals surface area contributed by atoms with Crippen molar-refractivity contribution in [1.82, 2.24) is 4.98 Å². The van der Waals surface area contributed by atoms with E-state index in [0.717, 1.165) is 33.3 Å². The largest absolute Gasteiger partial charge is 0.481 e. The van der Waals surface area contributed by atoms with Crippen LogP contribution < -0.4 is 0 Å². The Morgan fingerprint density at radius 2 is 1.91 bits per heavy atom. The lowest BCUT2D eigenvalue weighted by atomic mass is 9.98. The first kappa shape index (κ1) is 15.9. The average Bonchev–Trinajstić information content (AvgIpc) is 2.79. The van der Waals surface area contributed by atoms with Gasteiger partial charge in [-0.1, -0.05) is 40.9 Å². The summed E-state index contributed by atoms with van der Waals surface area (Å²) >= 11 is 12.4. The first-order valence-electron chi connectivity index (χ1n) is 7.16. The number of carboxylic acid groups (broad SMARTS) is 1. The molecule has 3 aromatic rings. The van der Waals surface area contributed by atoms with E-state index in [4.69, 9.17) is 23.2 Å². The van der Waals surface area contributed by atoms with E-state index in [-0.39, 0.29) is 6.42 Å². The number of carboxylic acids is 1. The minimum Gasteiger partial charge on any atom is -0.481 e. The predicted molar refractivity (Wildman–Crippen MR) is 94.6 cm³/mol. The molecule has 118 valence electrons. The Kier molecular flexibility index (Phi) is 4.09. The van der Waals surface area contributed by atoms with Crippen LogP contribution in [0.15, 0.2) is 30.3 Å². The second-order valence-electron chi connectivity index (χ2n) is 5.68. The highest BCUT2D eigenvalue weighted by Gasteiger charge is 2.19. The monoisotopic (exact) mass is 347 g/mol. The van der Waals surface area contributed by atoms with E-state index in [1.54, 1.807) is 12.1 Å². The molecule has 0 amide bonds. The molecule has 0 spiro atoms. The highest BCUT2D eigenvalue weighted by molar-refractivity contribution is 6.39. The molecule has 1 aromatic heterocycles. The minimum atomic E-state index is -0.900. The smallest absolute Gasteiger partial charge is 0.307 e. The lowest BCUT2D eigenvalue weighted by Crippen LogP contribution is -2.01. The molecule has 0 unspecified atom stereocenters. The molecule has 3 nitrogen and oxygen atoms in total. The first-order chi connectivity index (χ1) is 10.9. The Hall–Kier alpha value is -1.97. The number of H-pyrrole nitrogens is 1. The van der Waals surface area contributed by atoms with E-state index >= 15 is 0 Å². The van der Waals surface area contributed by atoms with Crippen LogP contribution in [-0.2, 0) is 11.2 Å². The number of aryl methyl sites for hydroxylation is 2. The Morgan fingerprint density at radius 3 is 2.61 bits per heavy atom. The van der Waals surface area contributed by atoms with Crippen LogP contribution in [0, 0.1) is 13.8 Å². The van der Waals surface area contributed by atoms with E-state index in [1.165, 1.54) is 0 Å². The Balaban J connectivity index is 2.37. The van der Waals surface area contributed by atoms with Gasteiger partial charge < -0.3 is 10.1 Å². The van der Waals surface area contributed by atoms with Gasteiger partial charge in [0.15, 0.2) is 0 Å².